The molecule has 0 radical (unpaired) electrons. The Bertz CT molecular complexity index is 1570. The Morgan fingerprint density at radius 1 is 0.972 bits per heavy atom. The molecule has 9 heteroatoms. The molecule has 6 rings (SSSR count). The maximum atomic E-state index is 13.2. The molecule has 1 aliphatic rings. The van der Waals surface area contributed by atoms with Crippen molar-refractivity contribution in [1.29, 1.82) is 0 Å². The van der Waals surface area contributed by atoms with Gasteiger partial charge in [0.25, 0.3) is 0 Å². The summed E-state index contributed by atoms with van der Waals surface area (Å²) in [7, 11) is 0. The highest BCUT2D eigenvalue weighted by molar-refractivity contribution is 6.16. The predicted molar refractivity (Wildman–Crippen MR) is 134 cm³/mol. The molecule has 0 bridgehead atoms. The third-order valence-electron chi connectivity index (χ3n) is 6.04. The number of aryl methyl sites for hydroxylation is 1. The van der Waals surface area contributed by atoms with E-state index in [2.05, 4.69) is 25.6 Å². The van der Waals surface area contributed by atoms with Gasteiger partial charge in [-0.05, 0) is 36.2 Å². The van der Waals surface area contributed by atoms with Crippen molar-refractivity contribution in [1.82, 2.24) is 25.0 Å². The summed E-state index contributed by atoms with van der Waals surface area (Å²) in [5.74, 6) is 0.253. The van der Waals surface area contributed by atoms with E-state index in [1.165, 1.54) is 6.33 Å². The molecular formula is C27H21N7O2. The quantitative estimate of drug-likeness (QED) is 0.409. The second-order valence-corrected chi connectivity index (χ2v) is 8.44. The molecule has 2 aromatic heterocycles. The average Bonchev–Trinajstić information content (AvgIpc) is 3.58. The lowest BCUT2D eigenvalue weighted by molar-refractivity contribution is -0.119. The first kappa shape index (κ1) is 21.6. The SMILES string of the molecule is Cc1cc(-c2nnc(NC3N=C(c4ccccc4)c4ccccc4CC3=O)o2)ccc1-n1cncn1. The summed E-state index contributed by atoms with van der Waals surface area (Å²) < 4.78 is 7.57. The Morgan fingerprint density at radius 3 is 2.61 bits per heavy atom. The van der Waals surface area contributed by atoms with Crippen LogP contribution >= 0.6 is 0 Å². The molecule has 0 amide bonds. The number of Topliss-reactive ketones (excluding diaryl/α,β-unsaturated/α-hetero) is 1. The van der Waals surface area contributed by atoms with E-state index in [4.69, 9.17) is 9.41 Å². The fourth-order valence-corrected chi connectivity index (χ4v) is 4.29. The molecule has 1 aliphatic heterocycles. The van der Waals surface area contributed by atoms with Crippen LogP contribution in [-0.2, 0) is 11.2 Å². The highest BCUT2D eigenvalue weighted by Gasteiger charge is 2.27. The molecule has 0 spiro atoms. The molecule has 3 aromatic carbocycles. The molecule has 36 heavy (non-hydrogen) atoms. The van der Waals surface area contributed by atoms with Crippen LogP contribution in [0.2, 0.25) is 0 Å². The number of carbonyl (C=O) groups is 1. The predicted octanol–water partition coefficient (Wildman–Crippen LogP) is 4.03. The van der Waals surface area contributed by atoms with Crippen molar-refractivity contribution in [3.05, 3.63) is 108 Å². The number of hydrogen-bond donors (Lipinski definition) is 1. The standard InChI is InChI=1S/C27H21N7O2/c1-17-13-20(11-12-22(17)34-16-28-15-29-34)26-32-33-27(36-26)31-25-23(35)14-19-9-5-6-10-21(19)24(30-25)18-7-3-2-4-8-18/h2-13,15-16,25H,14H2,1H3,(H,31,33). The minimum Gasteiger partial charge on any atom is -0.403 e. The first-order chi connectivity index (χ1) is 17.7. The van der Waals surface area contributed by atoms with Gasteiger partial charge < -0.3 is 9.73 Å². The zero-order valence-electron chi connectivity index (χ0n) is 19.4. The van der Waals surface area contributed by atoms with Crippen LogP contribution in [0.15, 0.2) is 94.9 Å². The van der Waals surface area contributed by atoms with Crippen LogP contribution in [0.3, 0.4) is 0 Å². The van der Waals surface area contributed by atoms with Gasteiger partial charge in [-0.2, -0.15) is 5.10 Å². The second kappa shape index (κ2) is 9.03. The van der Waals surface area contributed by atoms with E-state index in [0.717, 1.165) is 39.2 Å². The van der Waals surface area contributed by atoms with Crippen molar-refractivity contribution < 1.29 is 9.21 Å². The van der Waals surface area contributed by atoms with Gasteiger partial charge in [0.2, 0.25) is 5.89 Å². The third kappa shape index (κ3) is 4.07. The van der Waals surface area contributed by atoms with Crippen LogP contribution in [0.5, 0.6) is 0 Å². The number of rotatable bonds is 5. The summed E-state index contributed by atoms with van der Waals surface area (Å²) in [5, 5.41) is 15.5. The van der Waals surface area contributed by atoms with E-state index in [-0.39, 0.29) is 18.2 Å². The Morgan fingerprint density at radius 2 is 1.81 bits per heavy atom. The van der Waals surface area contributed by atoms with Crippen LogP contribution in [0.1, 0.15) is 22.3 Å². The Kier molecular flexibility index (Phi) is 5.42. The molecule has 0 fully saturated rings. The zero-order chi connectivity index (χ0) is 24.5. The van der Waals surface area contributed by atoms with Crippen LogP contribution in [0.4, 0.5) is 6.01 Å². The van der Waals surface area contributed by atoms with Crippen molar-refractivity contribution >= 4 is 17.5 Å². The number of hydrogen-bond acceptors (Lipinski definition) is 8. The summed E-state index contributed by atoms with van der Waals surface area (Å²) in [6, 6.07) is 23.5. The van der Waals surface area contributed by atoms with Crippen molar-refractivity contribution in [3.63, 3.8) is 0 Å². The van der Waals surface area contributed by atoms with E-state index < -0.39 is 6.17 Å². The maximum Gasteiger partial charge on any atom is 0.317 e. The number of anilines is 1. The molecule has 1 atom stereocenters. The van der Waals surface area contributed by atoms with E-state index in [9.17, 15) is 4.79 Å². The molecule has 0 saturated carbocycles. The summed E-state index contributed by atoms with van der Waals surface area (Å²) in [6.07, 6.45) is 2.51. The molecular weight excluding hydrogens is 454 g/mol. The summed E-state index contributed by atoms with van der Waals surface area (Å²) in [6.45, 7) is 1.97. The summed E-state index contributed by atoms with van der Waals surface area (Å²) in [4.78, 5) is 22.0. The largest absolute Gasteiger partial charge is 0.403 e. The number of nitrogens with one attached hydrogen (secondary N) is 1. The molecule has 1 unspecified atom stereocenters. The lowest BCUT2D eigenvalue weighted by Crippen LogP contribution is -2.29. The highest BCUT2D eigenvalue weighted by Crippen LogP contribution is 2.26. The number of nitrogens with zero attached hydrogens (tertiary/aromatic N) is 6. The number of aromatic nitrogens is 5. The maximum absolute atomic E-state index is 13.2. The van der Waals surface area contributed by atoms with Crippen LogP contribution in [0.25, 0.3) is 17.1 Å². The normalized spacial score (nSPS) is 15.2. The van der Waals surface area contributed by atoms with Crippen molar-refractivity contribution in [2.24, 2.45) is 4.99 Å². The Hall–Kier alpha value is -4.92. The Labute approximate surface area is 206 Å². The fourth-order valence-electron chi connectivity index (χ4n) is 4.29. The molecule has 1 N–H and O–H groups in total. The lowest BCUT2D eigenvalue weighted by Gasteiger charge is -2.11. The van der Waals surface area contributed by atoms with E-state index in [0.29, 0.717) is 5.89 Å². The first-order valence-corrected chi connectivity index (χ1v) is 11.5. The molecule has 176 valence electrons. The number of fused-ring (bicyclic) bond motifs is 1. The van der Waals surface area contributed by atoms with Gasteiger partial charge in [-0.3, -0.25) is 9.79 Å². The van der Waals surface area contributed by atoms with Crippen LogP contribution in [0, 0.1) is 6.92 Å². The smallest absolute Gasteiger partial charge is 0.317 e. The summed E-state index contributed by atoms with van der Waals surface area (Å²) >= 11 is 0. The van der Waals surface area contributed by atoms with Crippen LogP contribution < -0.4 is 5.32 Å². The number of benzene rings is 3. The van der Waals surface area contributed by atoms with Gasteiger partial charge in [0.05, 0.1) is 11.4 Å². The third-order valence-corrected chi connectivity index (χ3v) is 6.04. The Balaban J connectivity index is 1.30. The second-order valence-electron chi connectivity index (χ2n) is 8.44. The van der Waals surface area contributed by atoms with Gasteiger partial charge in [-0.25, -0.2) is 9.67 Å². The monoisotopic (exact) mass is 475 g/mol. The van der Waals surface area contributed by atoms with Crippen LogP contribution in [-0.4, -0.2) is 42.6 Å². The van der Waals surface area contributed by atoms with Crippen molar-refractivity contribution in [2.75, 3.05) is 5.32 Å². The molecule has 9 nitrogen and oxygen atoms in total. The van der Waals surface area contributed by atoms with Gasteiger partial charge >= 0.3 is 6.01 Å². The fraction of sp³-hybridized carbons (Fsp3) is 0.111. The highest BCUT2D eigenvalue weighted by atomic mass is 16.4. The van der Waals surface area contributed by atoms with Crippen molar-refractivity contribution in [3.8, 4) is 17.1 Å². The van der Waals surface area contributed by atoms with Gasteiger partial charge in [0, 0.05) is 23.1 Å². The van der Waals surface area contributed by atoms with E-state index in [1.807, 2.05) is 79.7 Å². The van der Waals surface area contributed by atoms with E-state index >= 15 is 0 Å². The molecule has 0 aliphatic carbocycles. The molecule has 3 heterocycles. The zero-order valence-corrected chi connectivity index (χ0v) is 19.4. The topological polar surface area (TPSA) is 111 Å². The first-order valence-electron chi connectivity index (χ1n) is 11.5. The summed E-state index contributed by atoms with van der Waals surface area (Å²) in [5.41, 5.74) is 6.18. The van der Waals surface area contributed by atoms with Gasteiger partial charge in [0.15, 0.2) is 11.9 Å². The van der Waals surface area contributed by atoms with Crippen molar-refractivity contribution in [2.45, 2.75) is 19.5 Å². The van der Waals surface area contributed by atoms with Gasteiger partial charge in [0.1, 0.15) is 12.7 Å². The minimum absolute atomic E-state index is 0.0823. The molecule has 5 aromatic rings. The lowest BCUT2D eigenvalue weighted by atomic mass is 9.96. The number of carbonyl (C=O) groups excluding carboxylic acids is 1. The van der Waals surface area contributed by atoms with Gasteiger partial charge in [-0.1, -0.05) is 59.7 Å². The average molecular weight is 476 g/mol. The molecule has 0 saturated heterocycles. The van der Waals surface area contributed by atoms with E-state index in [1.54, 1.807) is 11.0 Å². The number of ketones is 1. The number of aliphatic imine (C=N–C) groups is 1. The van der Waals surface area contributed by atoms with Gasteiger partial charge in [-0.15, -0.1) is 5.10 Å². The minimum atomic E-state index is -0.864.